The number of carbonyl (C=O) groups excluding carboxylic acids is 4. The van der Waals surface area contributed by atoms with Crippen LogP contribution in [0.15, 0.2) is 34.7 Å². The van der Waals surface area contributed by atoms with Gasteiger partial charge >= 0.3 is 5.97 Å². The molecule has 1 unspecified atom stereocenters. The van der Waals surface area contributed by atoms with Gasteiger partial charge in [0.25, 0.3) is 11.8 Å². The Bertz CT molecular complexity index is 1200. The lowest BCUT2D eigenvalue weighted by Gasteiger charge is -2.29. The number of ether oxygens (including phenoxy) is 1. The van der Waals surface area contributed by atoms with Gasteiger partial charge < -0.3 is 30.2 Å². The van der Waals surface area contributed by atoms with Gasteiger partial charge in [-0.2, -0.15) is 0 Å². The van der Waals surface area contributed by atoms with E-state index in [1.807, 2.05) is 6.92 Å². The maximum absolute atomic E-state index is 12.9. The van der Waals surface area contributed by atoms with Crippen LogP contribution < -0.4 is 20.7 Å². The summed E-state index contributed by atoms with van der Waals surface area (Å²) in [5.74, 6) is -2.93. The van der Waals surface area contributed by atoms with Crippen molar-refractivity contribution in [3.8, 4) is 17.1 Å². The number of unbranched alkanes of at least 4 members (excludes halogenated alkanes) is 2. The molecular weight excluding hydrogens is 536 g/mol. The van der Waals surface area contributed by atoms with Crippen molar-refractivity contribution in [2.45, 2.75) is 58.9 Å². The lowest BCUT2D eigenvalue weighted by atomic mass is 9.90. The monoisotopic (exact) mass is 574 g/mol. The van der Waals surface area contributed by atoms with Crippen LogP contribution in [0.3, 0.4) is 0 Å². The molecule has 5 N–H and O–H groups in total. The minimum Gasteiger partial charge on any atom is -0.494 e. The fourth-order valence-electron chi connectivity index (χ4n) is 4.27. The van der Waals surface area contributed by atoms with Crippen molar-refractivity contribution < 1.29 is 43.4 Å². The molecule has 2 rings (SSSR count). The third-order valence-electron chi connectivity index (χ3n) is 6.29. The zero-order chi connectivity index (χ0) is 30.4. The summed E-state index contributed by atoms with van der Waals surface area (Å²) in [7, 11) is 0. The van der Waals surface area contributed by atoms with Crippen LogP contribution in [-0.2, 0) is 14.4 Å². The topological polar surface area (TPSA) is 188 Å². The number of hydrogen-bond donors (Lipinski definition) is 5. The number of carboxylic acids is 1. The largest absolute Gasteiger partial charge is 0.494 e. The number of amides is 4. The average molecular weight is 575 g/mol. The van der Waals surface area contributed by atoms with Gasteiger partial charge in [0.05, 0.1) is 25.2 Å². The first-order valence-electron chi connectivity index (χ1n) is 13.5. The summed E-state index contributed by atoms with van der Waals surface area (Å²) in [6, 6.07) is 6.82. The highest BCUT2D eigenvalue weighted by Gasteiger charge is 2.30. The third kappa shape index (κ3) is 9.94. The number of nitrogens with one attached hydrogen (secondary N) is 3. The molecule has 2 aromatic rings. The van der Waals surface area contributed by atoms with E-state index in [1.165, 1.54) is 24.3 Å². The molecule has 2 atom stereocenters. The van der Waals surface area contributed by atoms with Gasteiger partial charge in [-0.15, -0.1) is 0 Å². The first-order chi connectivity index (χ1) is 19.6. The first-order valence-corrected chi connectivity index (χ1v) is 13.5. The fraction of sp³-hybridized carbons (Fsp3) is 0.464. The summed E-state index contributed by atoms with van der Waals surface area (Å²) < 4.78 is 11.2. The predicted molar refractivity (Wildman–Crippen MR) is 147 cm³/mol. The first kappa shape index (κ1) is 32.8. The standard InChI is InChI=1S/C28H38N4O9/c1-4-7-8-9-21(22(5-2)32(39)17-33)27(37)30-16-31-28(38)24-11-10-23(41-24)18-12-19(14-20(13-18)40-6-3)26(36)29-15-25(34)35/h10-14,17,21-22,39H,4-9,15-16H2,1-3H3,(H,29,36)(H,30,37)(H,31,38)(H,34,35)/t21?,22-/m1/s1. The molecule has 0 aliphatic rings. The highest BCUT2D eigenvalue weighted by Crippen LogP contribution is 2.28. The quantitative estimate of drug-likeness (QED) is 0.0586. The van der Waals surface area contributed by atoms with E-state index in [9.17, 15) is 29.2 Å². The molecule has 41 heavy (non-hydrogen) atoms. The molecule has 0 saturated carbocycles. The number of nitrogens with zero attached hydrogens (tertiary/aromatic N) is 1. The second kappa shape index (κ2) is 16.7. The molecule has 0 aliphatic heterocycles. The Hall–Kier alpha value is -4.39. The molecule has 0 fully saturated rings. The van der Waals surface area contributed by atoms with Gasteiger partial charge in [0.2, 0.25) is 12.3 Å². The molecule has 0 aliphatic carbocycles. The zero-order valence-electron chi connectivity index (χ0n) is 23.5. The Morgan fingerprint density at radius 1 is 1.02 bits per heavy atom. The Morgan fingerprint density at radius 3 is 2.41 bits per heavy atom. The molecule has 0 bridgehead atoms. The zero-order valence-corrected chi connectivity index (χ0v) is 23.5. The van der Waals surface area contributed by atoms with Crippen molar-refractivity contribution in [1.82, 2.24) is 21.0 Å². The normalized spacial score (nSPS) is 12.1. The third-order valence-corrected chi connectivity index (χ3v) is 6.29. The number of hydroxylamine groups is 2. The fourth-order valence-corrected chi connectivity index (χ4v) is 4.27. The number of carboxylic acid groups (broad SMARTS) is 1. The highest BCUT2D eigenvalue weighted by atomic mass is 16.5. The molecule has 0 spiro atoms. The van der Waals surface area contributed by atoms with E-state index in [-0.39, 0.29) is 30.2 Å². The van der Waals surface area contributed by atoms with Crippen molar-refractivity contribution in [3.05, 3.63) is 41.7 Å². The Balaban J connectivity index is 2.10. The lowest BCUT2D eigenvalue weighted by molar-refractivity contribution is -0.168. The number of aliphatic carboxylic acids is 1. The van der Waals surface area contributed by atoms with Crippen LogP contribution in [0.25, 0.3) is 11.3 Å². The average Bonchev–Trinajstić information content (AvgIpc) is 3.46. The Labute approximate surface area is 238 Å². The number of carbonyl (C=O) groups is 5. The minimum absolute atomic E-state index is 0.0543. The van der Waals surface area contributed by atoms with Crippen LogP contribution in [0, 0.1) is 5.92 Å². The van der Waals surface area contributed by atoms with Crippen LogP contribution in [-0.4, -0.2) is 71.3 Å². The van der Waals surface area contributed by atoms with E-state index in [0.717, 1.165) is 19.3 Å². The van der Waals surface area contributed by atoms with Crippen molar-refractivity contribution in [3.63, 3.8) is 0 Å². The number of hydrogen-bond acceptors (Lipinski definition) is 8. The van der Waals surface area contributed by atoms with E-state index < -0.39 is 42.2 Å². The van der Waals surface area contributed by atoms with Gasteiger partial charge in [0.15, 0.2) is 5.76 Å². The lowest BCUT2D eigenvalue weighted by Crippen LogP contribution is -2.47. The molecule has 0 radical (unpaired) electrons. The van der Waals surface area contributed by atoms with E-state index in [1.54, 1.807) is 19.9 Å². The van der Waals surface area contributed by atoms with E-state index >= 15 is 0 Å². The van der Waals surface area contributed by atoms with Crippen molar-refractivity contribution in [2.75, 3.05) is 19.8 Å². The molecule has 13 heteroatoms. The van der Waals surface area contributed by atoms with Gasteiger partial charge in [-0.1, -0.05) is 33.1 Å². The van der Waals surface area contributed by atoms with E-state index in [0.29, 0.717) is 35.8 Å². The summed E-state index contributed by atoms with van der Waals surface area (Å²) >= 11 is 0. The smallest absolute Gasteiger partial charge is 0.322 e. The predicted octanol–water partition coefficient (Wildman–Crippen LogP) is 2.79. The second-order valence-corrected chi connectivity index (χ2v) is 9.21. The molecule has 1 aromatic carbocycles. The van der Waals surface area contributed by atoms with Crippen LogP contribution in [0.4, 0.5) is 0 Å². The highest BCUT2D eigenvalue weighted by molar-refractivity contribution is 5.97. The molecule has 1 aromatic heterocycles. The summed E-state index contributed by atoms with van der Waals surface area (Å²) in [5.41, 5.74) is 0.570. The van der Waals surface area contributed by atoms with Gasteiger partial charge in [0.1, 0.15) is 18.1 Å². The maximum atomic E-state index is 12.9. The van der Waals surface area contributed by atoms with Gasteiger partial charge in [-0.25, -0.2) is 5.06 Å². The molecule has 0 saturated heterocycles. The van der Waals surface area contributed by atoms with Gasteiger partial charge in [-0.3, -0.25) is 29.2 Å². The number of benzene rings is 1. The van der Waals surface area contributed by atoms with Crippen LogP contribution in [0.2, 0.25) is 0 Å². The second-order valence-electron chi connectivity index (χ2n) is 9.21. The SMILES string of the molecule is CCCCCC(C(=O)NCNC(=O)c1ccc(-c2cc(OCC)cc(C(=O)NCC(=O)O)c2)o1)[C@@H](CC)N(O)C=O. The number of furan rings is 1. The summed E-state index contributed by atoms with van der Waals surface area (Å²) in [4.78, 5) is 59.9. The molecule has 4 amide bonds. The minimum atomic E-state index is -1.19. The van der Waals surface area contributed by atoms with E-state index in [4.69, 9.17) is 14.3 Å². The van der Waals surface area contributed by atoms with Crippen molar-refractivity contribution >= 4 is 30.1 Å². The molecule has 224 valence electrons. The van der Waals surface area contributed by atoms with Crippen molar-refractivity contribution in [1.29, 1.82) is 0 Å². The van der Waals surface area contributed by atoms with Crippen LogP contribution in [0.5, 0.6) is 5.75 Å². The molecule has 13 nitrogen and oxygen atoms in total. The number of rotatable bonds is 18. The summed E-state index contributed by atoms with van der Waals surface area (Å²) in [6.45, 7) is 5.12. The van der Waals surface area contributed by atoms with Crippen LogP contribution >= 0.6 is 0 Å². The Kier molecular flexibility index (Phi) is 13.3. The Morgan fingerprint density at radius 2 is 1.78 bits per heavy atom. The van der Waals surface area contributed by atoms with Crippen LogP contribution in [0.1, 0.15) is 73.8 Å². The van der Waals surface area contributed by atoms with Crippen molar-refractivity contribution in [2.24, 2.45) is 5.92 Å². The molecular formula is C28H38N4O9. The maximum Gasteiger partial charge on any atom is 0.322 e. The summed E-state index contributed by atoms with van der Waals surface area (Å²) in [6.07, 6.45) is 3.70. The van der Waals surface area contributed by atoms with Gasteiger partial charge in [0, 0.05) is 11.1 Å². The molecule has 1 heterocycles. The van der Waals surface area contributed by atoms with E-state index in [2.05, 4.69) is 16.0 Å². The van der Waals surface area contributed by atoms with Gasteiger partial charge in [-0.05, 0) is 50.1 Å². The summed E-state index contributed by atoms with van der Waals surface area (Å²) in [5, 5.41) is 26.8.